The Morgan fingerprint density at radius 1 is 1.00 bits per heavy atom. The zero-order valence-electron chi connectivity index (χ0n) is 22.3. The smallest absolute Gasteiger partial charge is 0.231 e. The number of piperidine rings is 1. The van der Waals surface area contributed by atoms with E-state index in [1.807, 2.05) is 18.2 Å². The molecule has 2 unspecified atom stereocenters. The number of piperazine rings is 1. The van der Waals surface area contributed by atoms with Crippen molar-refractivity contribution in [2.24, 2.45) is 11.8 Å². The Kier molecular flexibility index (Phi) is 7.97. The van der Waals surface area contributed by atoms with Gasteiger partial charge in [0.25, 0.3) is 0 Å². The number of hydrogen-bond acceptors (Lipinski definition) is 8. The predicted octanol–water partition coefficient (Wildman–Crippen LogP) is 3.20. The van der Waals surface area contributed by atoms with E-state index in [0.29, 0.717) is 24.8 Å². The number of para-hydroxylation sites is 1. The van der Waals surface area contributed by atoms with Crippen molar-refractivity contribution in [1.29, 1.82) is 0 Å². The topological polar surface area (TPSA) is 92.1 Å². The summed E-state index contributed by atoms with van der Waals surface area (Å²) in [6.07, 6.45) is 2.32. The molecule has 2 N–H and O–H groups in total. The minimum Gasteiger partial charge on any atom is -0.454 e. The molecule has 2 aromatic carbocycles. The molecule has 3 aliphatic rings. The normalized spacial score (nSPS) is 21.2. The summed E-state index contributed by atoms with van der Waals surface area (Å²) in [5.74, 6) is 3.16. The fourth-order valence-electron chi connectivity index (χ4n) is 5.87. The van der Waals surface area contributed by atoms with Crippen LogP contribution in [0.4, 0.5) is 5.69 Å². The molecule has 3 aromatic rings. The van der Waals surface area contributed by atoms with E-state index in [9.17, 15) is 4.79 Å². The van der Waals surface area contributed by atoms with Gasteiger partial charge in [0.1, 0.15) is 0 Å². The van der Waals surface area contributed by atoms with Gasteiger partial charge in [-0.3, -0.25) is 9.69 Å². The van der Waals surface area contributed by atoms with Gasteiger partial charge in [0.15, 0.2) is 17.3 Å². The van der Waals surface area contributed by atoms with Gasteiger partial charge in [0, 0.05) is 50.9 Å². The standard InChI is InChI=1S/C30H37N5O4/c36-30(32-18-22-6-7-28-29(14-22)38-21-37-28)16-23-8-9-31-19-24(23)15-25-17-27(39-33-25)20-34-10-12-35(13-11-34)26-4-2-1-3-5-26/h1-7,14,17,23-24,31H,8-13,15-16,18-21H2,(H,32,36). The highest BCUT2D eigenvalue weighted by atomic mass is 16.7. The van der Waals surface area contributed by atoms with Gasteiger partial charge in [-0.15, -0.1) is 0 Å². The summed E-state index contributed by atoms with van der Waals surface area (Å²) in [5.41, 5.74) is 3.27. The van der Waals surface area contributed by atoms with Crippen LogP contribution in [0, 0.1) is 11.8 Å². The minimum absolute atomic E-state index is 0.0834. The monoisotopic (exact) mass is 531 g/mol. The largest absolute Gasteiger partial charge is 0.454 e. The number of carbonyl (C=O) groups is 1. The second kappa shape index (κ2) is 12.1. The number of benzene rings is 2. The van der Waals surface area contributed by atoms with Crippen molar-refractivity contribution in [3.63, 3.8) is 0 Å². The van der Waals surface area contributed by atoms with Gasteiger partial charge in [-0.05, 0) is 67.6 Å². The molecule has 9 heteroatoms. The number of carbonyl (C=O) groups excluding carboxylic acids is 1. The first-order chi connectivity index (χ1) is 19.2. The Bertz CT molecular complexity index is 1240. The van der Waals surface area contributed by atoms with Gasteiger partial charge in [-0.2, -0.15) is 0 Å². The molecule has 2 fully saturated rings. The molecule has 1 aromatic heterocycles. The zero-order chi connectivity index (χ0) is 26.4. The second-order valence-electron chi connectivity index (χ2n) is 10.8. The molecule has 206 valence electrons. The van der Waals surface area contributed by atoms with Crippen LogP contribution in [0.2, 0.25) is 0 Å². The van der Waals surface area contributed by atoms with Crippen molar-refractivity contribution in [2.75, 3.05) is 51.0 Å². The number of nitrogens with zero attached hydrogens (tertiary/aromatic N) is 3. The number of rotatable bonds is 9. The summed E-state index contributed by atoms with van der Waals surface area (Å²) in [7, 11) is 0. The molecular weight excluding hydrogens is 494 g/mol. The number of hydrogen-bond donors (Lipinski definition) is 2. The van der Waals surface area contributed by atoms with Crippen LogP contribution in [-0.2, 0) is 24.3 Å². The highest BCUT2D eigenvalue weighted by molar-refractivity contribution is 5.76. The summed E-state index contributed by atoms with van der Waals surface area (Å²) >= 11 is 0. The molecule has 0 aliphatic carbocycles. The van der Waals surface area contributed by atoms with Crippen molar-refractivity contribution in [3.8, 4) is 11.5 Å². The lowest BCUT2D eigenvalue weighted by Gasteiger charge is -2.35. The number of aromatic nitrogens is 1. The summed E-state index contributed by atoms with van der Waals surface area (Å²) in [6, 6.07) is 18.5. The third-order valence-corrected chi connectivity index (χ3v) is 8.09. The molecule has 3 aliphatic heterocycles. The maximum atomic E-state index is 12.8. The van der Waals surface area contributed by atoms with Crippen LogP contribution in [0.5, 0.6) is 11.5 Å². The highest BCUT2D eigenvalue weighted by Crippen LogP contribution is 2.32. The SMILES string of the molecule is O=C(CC1CCNCC1Cc1cc(CN2CCN(c3ccccc3)CC2)on1)NCc1ccc2c(c1)OCO2. The van der Waals surface area contributed by atoms with E-state index >= 15 is 0 Å². The number of amides is 1. The van der Waals surface area contributed by atoms with E-state index in [-0.39, 0.29) is 12.7 Å². The number of fused-ring (bicyclic) bond motifs is 1. The lowest BCUT2D eigenvalue weighted by molar-refractivity contribution is -0.122. The molecule has 1 amide bonds. The fraction of sp³-hybridized carbons (Fsp3) is 0.467. The number of nitrogens with one attached hydrogen (secondary N) is 2. The molecule has 0 bridgehead atoms. The third-order valence-electron chi connectivity index (χ3n) is 8.09. The van der Waals surface area contributed by atoms with Gasteiger partial charge in [-0.1, -0.05) is 29.4 Å². The first-order valence-electron chi connectivity index (χ1n) is 14.0. The van der Waals surface area contributed by atoms with E-state index in [2.05, 4.69) is 62.0 Å². The van der Waals surface area contributed by atoms with Crippen LogP contribution in [-0.4, -0.2) is 62.0 Å². The Morgan fingerprint density at radius 3 is 2.72 bits per heavy atom. The fourth-order valence-corrected chi connectivity index (χ4v) is 5.87. The lowest BCUT2D eigenvalue weighted by atomic mass is 9.81. The maximum Gasteiger partial charge on any atom is 0.231 e. The molecule has 0 saturated carbocycles. The van der Waals surface area contributed by atoms with Crippen LogP contribution in [0.25, 0.3) is 0 Å². The van der Waals surface area contributed by atoms with Crippen LogP contribution >= 0.6 is 0 Å². The Hall–Kier alpha value is -3.56. The summed E-state index contributed by atoms with van der Waals surface area (Å²) in [5, 5.41) is 11.0. The van der Waals surface area contributed by atoms with Crippen LogP contribution in [0.15, 0.2) is 59.1 Å². The third kappa shape index (κ3) is 6.54. The number of ether oxygens (including phenoxy) is 2. The predicted molar refractivity (Wildman–Crippen MR) is 148 cm³/mol. The van der Waals surface area contributed by atoms with Gasteiger partial charge in [0.2, 0.25) is 12.7 Å². The molecule has 0 radical (unpaired) electrons. The van der Waals surface area contributed by atoms with Crippen molar-refractivity contribution >= 4 is 11.6 Å². The Labute approximate surface area is 229 Å². The average Bonchev–Trinajstić information content (AvgIpc) is 3.63. The average molecular weight is 532 g/mol. The molecule has 2 saturated heterocycles. The first kappa shape index (κ1) is 25.7. The number of anilines is 1. The Morgan fingerprint density at radius 2 is 1.85 bits per heavy atom. The molecule has 9 nitrogen and oxygen atoms in total. The van der Waals surface area contributed by atoms with Crippen molar-refractivity contribution in [2.45, 2.75) is 32.4 Å². The van der Waals surface area contributed by atoms with E-state index in [0.717, 1.165) is 87.2 Å². The zero-order valence-corrected chi connectivity index (χ0v) is 22.3. The highest BCUT2D eigenvalue weighted by Gasteiger charge is 2.28. The van der Waals surface area contributed by atoms with Gasteiger partial charge in [-0.25, -0.2) is 0 Å². The van der Waals surface area contributed by atoms with Crippen molar-refractivity contribution in [1.82, 2.24) is 20.7 Å². The molecule has 39 heavy (non-hydrogen) atoms. The van der Waals surface area contributed by atoms with Crippen LogP contribution < -0.4 is 25.0 Å². The molecule has 4 heterocycles. The van der Waals surface area contributed by atoms with E-state index in [1.54, 1.807) is 0 Å². The summed E-state index contributed by atoms with van der Waals surface area (Å²) in [4.78, 5) is 17.7. The van der Waals surface area contributed by atoms with E-state index in [4.69, 9.17) is 14.0 Å². The molecule has 6 rings (SSSR count). The second-order valence-corrected chi connectivity index (χ2v) is 10.8. The van der Waals surface area contributed by atoms with Gasteiger partial charge in [0.05, 0.1) is 12.2 Å². The molecule has 2 atom stereocenters. The summed E-state index contributed by atoms with van der Waals surface area (Å²) in [6.45, 7) is 7.37. The summed E-state index contributed by atoms with van der Waals surface area (Å²) < 4.78 is 16.5. The van der Waals surface area contributed by atoms with Crippen molar-refractivity contribution < 1.29 is 18.8 Å². The Balaban J connectivity index is 0.970. The van der Waals surface area contributed by atoms with Gasteiger partial charge >= 0.3 is 0 Å². The first-order valence-corrected chi connectivity index (χ1v) is 14.0. The molecule has 0 spiro atoms. The minimum atomic E-state index is 0.0834. The van der Waals surface area contributed by atoms with E-state index < -0.39 is 0 Å². The van der Waals surface area contributed by atoms with E-state index in [1.165, 1.54) is 5.69 Å². The maximum absolute atomic E-state index is 12.8. The molecular formula is C30H37N5O4. The lowest BCUT2D eigenvalue weighted by Crippen LogP contribution is -2.45. The van der Waals surface area contributed by atoms with Crippen molar-refractivity contribution in [3.05, 3.63) is 71.6 Å². The van der Waals surface area contributed by atoms with Crippen LogP contribution in [0.3, 0.4) is 0 Å². The quantitative estimate of drug-likeness (QED) is 0.435. The van der Waals surface area contributed by atoms with Gasteiger partial charge < -0.3 is 29.5 Å². The van der Waals surface area contributed by atoms with Crippen LogP contribution in [0.1, 0.15) is 29.9 Å².